The Morgan fingerprint density at radius 1 is 1.35 bits per heavy atom. The Morgan fingerprint density at radius 2 is 2.10 bits per heavy atom. The number of halogens is 1. The Hall–Kier alpha value is -1.48. The SMILES string of the molecule is CCCCNC(=O)c1c(C)c2cc(Cl)ccc2n1CC. The summed E-state index contributed by atoms with van der Waals surface area (Å²) >= 11 is 6.07. The largest absolute Gasteiger partial charge is 0.351 e. The summed E-state index contributed by atoms with van der Waals surface area (Å²) in [5.41, 5.74) is 2.81. The highest BCUT2D eigenvalue weighted by molar-refractivity contribution is 6.31. The van der Waals surface area contributed by atoms with Crippen molar-refractivity contribution in [3.8, 4) is 0 Å². The van der Waals surface area contributed by atoms with Gasteiger partial charge in [-0.25, -0.2) is 0 Å². The van der Waals surface area contributed by atoms with E-state index in [2.05, 4.69) is 23.7 Å². The summed E-state index contributed by atoms with van der Waals surface area (Å²) in [6.45, 7) is 7.64. The fourth-order valence-corrected chi connectivity index (χ4v) is 2.75. The molecule has 20 heavy (non-hydrogen) atoms. The van der Waals surface area contributed by atoms with Crippen LogP contribution < -0.4 is 5.32 Å². The van der Waals surface area contributed by atoms with E-state index in [4.69, 9.17) is 11.6 Å². The second-order valence-corrected chi connectivity index (χ2v) is 5.43. The molecule has 0 saturated carbocycles. The van der Waals surface area contributed by atoms with Gasteiger partial charge in [0, 0.05) is 29.0 Å². The van der Waals surface area contributed by atoms with Crippen molar-refractivity contribution in [1.82, 2.24) is 9.88 Å². The Kier molecular flexibility index (Phi) is 4.71. The van der Waals surface area contributed by atoms with Gasteiger partial charge in [0.2, 0.25) is 0 Å². The second kappa shape index (κ2) is 6.31. The molecule has 2 rings (SSSR count). The van der Waals surface area contributed by atoms with Crippen molar-refractivity contribution < 1.29 is 4.79 Å². The normalized spacial score (nSPS) is 11.0. The molecule has 3 nitrogen and oxygen atoms in total. The van der Waals surface area contributed by atoms with Gasteiger partial charge in [0.15, 0.2) is 0 Å². The molecule has 0 spiro atoms. The minimum absolute atomic E-state index is 0.00474. The number of hydrogen-bond acceptors (Lipinski definition) is 1. The molecule has 0 unspecified atom stereocenters. The van der Waals surface area contributed by atoms with Gasteiger partial charge >= 0.3 is 0 Å². The van der Waals surface area contributed by atoms with Gasteiger partial charge in [0.25, 0.3) is 5.91 Å². The van der Waals surface area contributed by atoms with Crippen LogP contribution in [0.2, 0.25) is 5.02 Å². The van der Waals surface area contributed by atoms with Crippen LogP contribution in [0.25, 0.3) is 10.9 Å². The molecule has 2 aromatic rings. The number of aromatic nitrogens is 1. The average Bonchev–Trinajstić information content (AvgIpc) is 2.71. The van der Waals surface area contributed by atoms with Crippen LogP contribution in [0, 0.1) is 6.92 Å². The highest BCUT2D eigenvalue weighted by atomic mass is 35.5. The van der Waals surface area contributed by atoms with E-state index in [0.717, 1.165) is 48.1 Å². The first-order valence-corrected chi connectivity index (χ1v) is 7.54. The molecule has 0 fully saturated rings. The van der Waals surface area contributed by atoms with E-state index in [-0.39, 0.29) is 5.91 Å². The molecule has 1 N–H and O–H groups in total. The Labute approximate surface area is 124 Å². The maximum absolute atomic E-state index is 12.4. The summed E-state index contributed by atoms with van der Waals surface area (Å²) in [6, 6.07) is 5.78. The number of hydrogen-bond donors (Lipinski definition) is 1. The molecule has 0 atom stereocenters. The number of rotatable bonds is 5. The Morgan fingerprint density at radius 3 is 2.75 bits per heavy atom. The third-order valence-electron chi connectivity index (χ3n) is 3.63. The number of aryl methyl sites for hydroxylation is 2. The van der Waals surface area contributed by atoms with Crippen molar-refractivity contribution in [2.24, 2.45) is 0 Å². The van der Waals surface area contributed by atoms with Gasteiger partial charge in [-0.15, -0.1) is 0 Å². The van der Waals surface area contributed by atoms with Crippen LogP contribution in [0.15, 0.2) is 18.2 Å². The van der Waals surface area contributed by atoms with Crippen LogP contribution >= 0.6 is 11.6 Å². The molecule has 108 valence electrons. The van der Waals surface area contributed by atoms with Crippen LogP contribution in [0.5, 0.6) is 0 Å². The molecule has 1 amide bonds. The smallest absolute Gasteiger partial charge is 0.268 e. The monoisotopic (exact) mass is 292 g/mol. The highest BCUT2D eigenvalue weighted by Gasteiger charge is 2.19. The summed E-state index contributed by atoms with van der Waals surface area (Å²) in [5.74, 6) is 0.00474. The number of carbonyl (C=O) groups excluding carboxylic acids is 1. The standard InChI is InChI=1S/C16H21ClN2O/c1-4-6-9-18-16(20)15-11(3)13-10-12(17)7-8-14(13)19(15)5-2/h7-8,10H,4-6,9H2,1-3H3,(H,18,20). The number of benzene rings is 1. The van der Waals surface area contributed by atoms with Crippen molar-refractivity contribution in [2.45, 2.75) is 40.2 Å². The van der Waals surface area contributed by atoms with Gasteiger partial charge in [0.05, 0.1) is 0 Å². The lowest BCUT2D eigenvalue weighted by Crippen LogP contribution is -2.27. The van der Waals surface area contributed by atoms with E-state index in [9.17, 15) is 4.79 Å². The summed E-state index contributed by atoms with van der Waals surface area (Å²) in [4.78, 5) is 12.4. The third-order valence-corrected chi connectivity index (χ3v) is 3.86. The molecule has 0 saturated heterocycles. The molecular formula is C16H21ClN2O. The first kappa shape index (κ1) is 14.9. The molecule has 1 heterocycles. The van der Waals surface area contributed by atoms with Crippen LogP contribution in [-0.2, 0) is 6.54 Å². The number of nitrogens with zero attached hydrogens (tertiary/aromatic N) is 1. The number of unbranched alkanes of at least 4 members (excludes halogenated alkanes) is 1. The lowest BCUT2D eigenvalue weighted by atomic mass is 10.1. The molecule has 0 aliphatic rings. The Balaban J connectivity index is 2.46. The fraction of sp³-hybridized carbons (Fsp3) is 0.438. The van der Waals surface area contributed by atoms with E-state index >= 15 is 0 Å². The van der Waals surface area contributed by atoms with Crippen molar-refractivity contribution in [3.05, 3.63) is 34.5 Å². The summed E-state index contributed by atoms with van der Waals surface area (Å²) in [5, 5.41) is 4.75. The molecule has 1 aromatic carbocycles. The average molecular weight is 293 g/mol. The van der Waals surface area contributed by atoms with Gasteiger partial charge in [-0.1, -0.05) is 24.9 Å². The predicted molar refractivity (Wildman–Crippen MR) is 84.6 cm³/mol. The van der Waals surface area contributed by atoms with Crippen molar-refractivity contribution in [2.75, 3.05) is 6.54 Å². The fourth-order valence-electron chi connectivity index (χ4n) is 2.58. The second-order valence-electron chi connectivity index (χ2n) is 4.99. The summed E-state index contributed by atoms with van der Waals surface area (Å²) in [6.07, 6.45) is 2.08. The predicted octanol–water partition coefficient (Wildman–Crippen LogP) is 4.15. The topological polar surface area (TPSA) is 34.0 Å². The first-order valence-electron chi connectivity index (χ1n) is 7.16. The third kappa shape index (κ3) is 2.68. The van der Waals surface area contributed by atoms with Gasteiger partial charge in [-0.2, -0.15) is 0 Å². The number of carbonyl (C=O) groups is 1. The quantitative estimate of drug-likeness (QED) is 0.825. The molecular weight excluding hydrogens is 272 g/mol. The molecule has 0 bridgehead atoms. The number of nitrogens with one attached hydrogen (secondary N) is 1. The molecule has 1 aromatic heterocycles. The zero-order valence-corrected chi connectivity index (χ0v) is 13.0. The van der Waals surface area contributed by atoms with E-state index in [1.807, 2.05) is 25.1 Å². The van der Waals surface area contributed by atoms with Crippen LogP contribution in [0.1, 0.15) is 42.7 Å². The van der Waals surface area contributed by atoms with Crippen molar-refractivity contribution >= 4 is 28.4 Å². The minimum Gasteiger partial charge on any atom is -0.351 e. The highest BCUT2D eigenvalue weighted by Crippen LogP contribution is 2.28. The van der Waals surface area contributed by atoms with Crippen LogP contribution in [-0.4, -0.2) is 17.0 Å². The summed E-state index contributed by atoms with van der Waals surface area (Å²) in [7, 11) is 0. The van der Waals surface area contributed by atoms with Gasteiger partial charge in [-0.3, -0.25) is 4.79 Å². The van der Waals surface area contributed by atoms with Gasteiger partial charge in [0.1, 0.15) is 5.69 Å². The lowest BCUT2D eigenvalue weighted by molar-refractivity contribution is 0.0944. The lowest BCUT2D eigenvalue weighted by Gasteiger charge is -2.09. The maximum atomic E-state index is 12.4. The van der Waals surface area contributed by atoms with E-state index in [1.165, 1.54) is 0 Å². The zero-order chi connectivity index (χ0) is 14.7. The number of fused-ring (bicyclic) bond motifs is 1. The molecule has 0 aliphatic heterocycles. The van der Waals surface area contributed by atoms with Crippen molar-refractivity contribution in [3.63, 3.8) is 0 Å². The van der Waals surface area contributed by atoms with Gasteiger partial charge < -0.3 is 9.88 Å². The zero-order valence-electron chi connectivity index (χ0n) is 12.3. The molecule has 4 heteroatoms. The number of amides is 1. The Bertz CT molecular complexity index is 631. The van der Waals surface area contributed by atoms with Crippen LogP contribution in [0.3, 0.4) is 0 Å². The maximum Gasteiger partial charge on any atom is 0.268 e. The summed E-state index contributed by atoms with van der Waals surface area (Å²) < 4.78 is 2.06. The first-order chi connectivity index (χ1) is 9.60. The minimum atomic E-state index is 0.00474. The molecule has 0 radical (unpaired) electrons. The molecule has 0 aliphatic carbocycles. The van der Waals surface area contributed by atoms with E-state index in [1.54, 1.807) is 0 Å². The van der Waals surface area contributed by atoms with Gasteiger partial charge in [-0.05, 0) is 44.0 Å². The van der Waals surface area contributed by atoms with E-state index in [0.29, 0.717) is 5.02 Å². The van der Waals surface area contributed by atoms with Crippen LogP contribution in [0.4, 0.5) is 0 Å². The van der Waals surface area contributed by atoms with Crippen molar-refractivity contribution in [1.29, 1.82) is 0 Å². The van der Waals surface area contributed by atoms with E-state index < -0.39 is 0 Å².